The van der Waals surface area contributed by atoms with Gasteiger partial charge < -0.3 is 10.8 Å². The molecule has 0 heterocycles. The summed E-state index contributed by atoms with van der Waals surface area (Å²) in [5, 5.41) is 9.06. The van der Waals surface area contributed by atoms with Crippen LogP contribution in [0.25, 0.3) is 0 Å². The highest BCUT2D eigenvalue weighted by Gasteiger charge is 2.36. The standard InChI is InChI=1S/C10H13NO/c11-6-8-5-10(8)7-1-3-9(12)4-2-7/h1-4,8,10,12H,5-6,11H2. The van der Waals surface area contributed by atoms with Crippen LogP contribution >= 0.6 is 0 Å². The van der Waals surface area contributed by atoms with Crippen molar-refractivity contribution in [3.05, 3.63) is 29.8 Å². The molecular formula is C10H13NO. The van der Waals surface area contributed by atoms with Crippen LogP contribution in [0.15, 0.2) is 24.3 Å². The maximum atomic E-state index is 9.06. The van der Waals surface area contributed by atoms with Crippen molar-refractivity contribution >= 4 is 0 Å². The van der Waals surface area contributed by atoms with Crippen molar-refractivity contribution in [2.75, 3.05) is 6.54 Å². The fourth-order valence-corrected chi connectivity index (χ4v) is 1.64. The SMILES string of the molecule is NCC1CC1c1ccc(O)cc1. The molecule has 1 aromatic carbocycles. The smallest absolute Gasteiger partial charge is 0.115 e. The molecule has 2 nitrogen and oxygen atoms in total. The Labute approximate surface area is 72.0 Å². The van der Waals surface area contributed by atoms with Crippen LogP contribution < -0.4 is 5.73 Å². The van der Waals surface area contributed by atoms with E-state index in [0.717, 1.165) is 6.54 Å². The van der Waals surface area contributed by atoms with Gasteiger partial charge in [-0.25, -0.2) is 0 Å². The van der Waals surface area contributed by atoms with Crippen molar-refractivity contribution in [1.29, 1.82) is 0 Å². The summed E-state index contributed by atoms with van der Waals surface area (Å²) >= 11 is 0. The molecule has 0 bridgehead atoms. The molecule has 2 atom stereocenters. The molecular weight excluding hydrogens is 150 g/mol. The van der Waals surface area contributed by atoms with Crippen molar-refractivity contribution in [3.8, 4) is 5.75 Å². The minimum atomic E-state index is 0.337. The van der Waals surface area contributed by atoms with E-state index in [1.165, 1.54) is 12.0 Å². The lowest BCUT2D eigenvalue weighted by Crippen LogP contribution is -2.01. The number of phenols is 1. The van der Waals surface area contributed by atoms with E-state index >= 15 is 0 Å². The van der Waals surface area contributed by atoms with E-state index < -0.39 is 0 Å². The minimum Gasteiger partial charge on any atom is -0.508 e. The first-order valence-corrected chi connectivity index (χ1v) is 4.30. The Kier molecular flexibility index (Phi) is 1.77. The van der Waals surface area contributed by atoms with Crippen LogP contribution in [0, 0.1) is 5.92 Å². The first-order valence-electron chi connectivity index (χ1n) is 4.30. The third-order valence-corrected chi connectivity index (χ3v) is 2.55. The second-order valence-electron chi connectivity index (χ2n) is 3.43. The summed E-state index contributed by atoms with van der Waals surface area (Å²) in [7, 11) is 0. The zero-order valence-electron chi connectivity index (χ0n) is 6.90. The zero-order chi connectivity index (χ0) is 8.55. The summed E-state index contributed by atoms with van der Waals surface area (Å²) in [6.07, 6.45) is 1.21. The second-order valence-corrected chi connectivity index (χ2v) is 3.43. The van der Waals surface area contributed by atoms with E-state index in [-0.39, 0.29) is 0 Å². The normalized spacial score (nSPS) is 27.1. The fourth-order valence-electron chi connectivity index (χ4n) is 1.64. The first-order chi connectivity index (χ1) is 5.81. The lowest BCUT2D eigenvalue weighted by atomic mass is 10.1. The molecule has 1 aromatic rings. The second kappa shape index (κ2) is 2.79. The third-order valence-electron chi connectivity index (χ3n) is 2.55. The van der Waals surface area contributed by atoms with Crippen LogP contribution in [0.3, 0.4) is 0 Å². The van der Waals surface area contributed by atoms with E-state index in [4.69, 9.17) is 10.8 Å². The van der Waals surface area contributed by atoms with Crippen LogP contribution in [0.2, 0.25) is 0 Å². The molecule has 1 fully saturated rings. The highest BCUT2D eigenvalue weighted by Crippen LogP contribution is 2.46. The highest BCUT2D eigenvalue weighted by molar-refractivity contribution is 5.31. The Morgan fingerprint density at radius 1 is 1.33 bits per heavy atom. The third kappa shape index (κ3) is 1.30. The summed E-state index contributed by atoms with van der Waals surface area (Å²) in [4.78, 5) is 0. The quantitative estimate of drug-likeness (QED) is 0.693. The lowest BCUT2D eigenvalue weighted by molar-refractivity contribution is 0.475. The van der Waals surface area contributed by atoms with Crippen LogP contribution in [0.1, 0.15) is 17.9 Å². The average Bonchev–Trinajstić information content (AvgIpc) is 2.85. The molecule has 0 aromatic heterocycles. The molecule has 0 spiro atoms. The molecule has 1 saturated carbocycles. The van der Waals surface area contributed by atoms with Gasteiger partial charge in [-0.3, -0.25) is 0 Å². The molecule has 2 unspecified atom stereocenters. The van der Waals surface area contributed by atoms with Crippen molar-refractivity contribution in [3.63, 3.8) is 0 Å². The Morgan fingerprint density at radius 3 is 2.50 bits per heavy atom. The largest absolute Gasteiger partial charge is 0.508 e. The van der Waals surface area contributed by atoms with Crippen molar-refractivity contribution in [1.82, 2.24) is 0 Å². The number of phenolic OH excluding ortho intramolecular Hbond substituents is 1. The summed E-state index contributed by atoms with van der Waals surface area (Å²) in [5.41, 5.74) is 6.85. The highest BCUT2D eigenvalue weighted by atomic mass is 16.3. The van der Waals surface area contributed by atoms with Gasteiger partial charge in [-0.1, -0.05) is 12.1 Å². The predicted molar refractivity (Wildman–Crippen MR) is 48.0 cm³/mol. The maximum Gasteiger partial charge on any atom is 0.115 e. The molecule has 12 heavy (non-hydrogen) atoms. The minimum absolute atomic E-state index is 0.337. The van der Waals surface area contributed by atoms with Crippen LogP contribution in [-0.2, 0) is 0 Å². The molecule has 3 N–H and O–H groups in total. The van der Waals surface area contributed by atoms with E-state index in [1.54, 1.807) is 12.1 Å². The van der Waals surface area contributed by atoms with E-state index in [2.05, 4.69) is 0 Å². The van der Waals surface area contributed by atoms with Gasteiger partial charge in [-0.05, 0) is 42.5 Å². The van der Waals surface area contributed by atoms with Gasteiger partial charge in [0.15, 0.2) is 0 Å². The number of benzene rings is 1. The molecule has 0 amide bonds. The Hall–Kier alpha value is -1.02. The van der Waals surface area contributed by atoms with Gasteiger partial charge in [0.25, 0.3) is 0 Å². The Bertz CT molecular complexity index is 268. The number of aromatic hydroxyl groups is 1. The van der Waals surface area contributed by atoms with E-state index in [0.29, 0.717) is 17.6 Å². The molecule has 1 aliphatic carbocycles. The van der Waals surface area contributed by atoms with Crippen LogP contribution in [0.5, 0.6) is 5.75 Å². The van der Waals surface area contributed by atoms with Gasteiger partial charge in [0.2, 0.25) is 0 Å². The molecule has 2 rings (SSSR count). The van der Waals surface area contributed by atoms with Gasteiger partial charge in [-0.2, -0.15) is 0 Å². The van der Waals surface area contributed by atoms with E-state index in [9.17, 15) is 0 Å². The van der Waals surface area contributed by atoms with Gasteiger partial charge in [0.1, 0.15) is 5.75 Å². The number of hydrogen-bond donors (Lipinski definition) is 2. The Morgan fingerprint density at radius 2 is 2.00 bits per heavy atom. The van der Waals surface area contributed by atoms with Gasteiger partial charge >= 0.3 is 0 Å². The monoisotopic (exact) mass is 163 g/mol. The average molecular weight is 163 g/mol. The molecule has 0 saturated heterocycles. The summed E-state index contributed by atoms with van der Waals surface area (Å²) in [6.45, 7) is 0.783. The van der Waals surface area contributed by atoms with Gasteiger partial charge in [-0.15, -0.1) is 0 Å². The topological polar surface area (TPSA) is 46.2 Å². The zero-order valence-corrected chi connectivity index (χ0v) is 6.90. The maximum absolute atomic E-state index is 9.06. The molecule has 0 radical (unpaired) electrons. The lowest BCUT2D eigenvalue weighted by Gasteiger charge is -1.98. The van der Waals surface area contributed by atoms with Crippen LogP contribution in [0.4, 0.5) is 0 Å². The molecule has 0 aliphatic heterocycles. The number of rotatable bonds is 2. The fraction of sp³-hybridized carbons (Fsp3) is 0.400. The number of hydrogen-bond acceptors (Lipinski definition) is 2. The predicted octanol–water partition coefficient (Wildman–Crippen LogP) is 1.45. The van der Waals surface area contributed by atoms with Crippen molar-refractivity contribution in [2.45, 2.75) is 12.3 Å². The van der Waals surface area contributed by atoms with Crippen molar-refractivity contribution in [2.24, 2.45) is 11.7 Å². The summed E-state index contributed by atoms with van der Waals surface area (Å²) < 4.78 is 0. The Balaban J connectivity index is 2.10. The molecule has 2 heteroatoms. The molecule has 64 valence electrons. The van der Waals surface area contributed by atoms with E-state index in [1.807, 2.05) is 12.1 Å². The summed E-state index contributed by atoms with van der Waals surface area (Å²) in [5.74, 6) is 1.66. The van der Waals surface area contributed by atoms with Gasteiger partial charge in [0, 0.05) is 0 Å². The summed E-state index contributed by atoms with van der Waals surface area (Å²) in [6, 6.07) is 7.44. The first kappa shape index (κ1) is 7.62. The van der Waals surface area contributed by atoms with Gasteiger partial charge in [0.05, 0.1) is 0 Å². The number of nitrogens with two attached hydrogens (primary N) is 1. The molecule has 1 aliphatic rings. The van der Waals surface area contributed by atoms with Crippen molar-refractivity contribution < 1.29 is 5.11 Å². The van der Waals surface area contributed by atoms with Crippen LogP contribution in [-0.4, -0.2) is 11.7 Å².